The number of aliphatic imine (C=N–C) groups is 1. The highest BCUT2D eigenvalue weighted by molar-refractivity contribution is 14.0. The van der Waals surface area contributed by atoms with Crippen molar-refractivity contribution in [3.05, 3.63) is 33.1 Å². The number of aryl methyl sites for hydroxylation is 2. The Hall–Kier alpha value is -1.16. The zero-order valence-electron chi connectivity index (χ0n) is 15.5. The predicted octanol–water partition coefficient (Wildman–Crippen LogP) is 3.79. The molecule has 0 bridgehead atoms. The van der Waals surface area contributed by atoms with Gasteiger partial charge in [0.05, 0.1) is 16.4 Å². The lowest BCUT2D eigenvalue weighted by Crippen LogP contribution is -2.38. The lowest BCUT2D eigenvalue weighted by atomic mass is 10.1. The monoisotopic (exact) mass is 477 g/mol. The minimum Gasteiger partial charge on any atom is -0.359 e. The van der Waals surface area contributed by atoms with E-state index in [1.165, 1.54) is 4.88 Å². The topological polar surface area (TPSA) is 75.3 Å². The Morgan fingerprint density at radius 1 is 1.32 bits per heavy atom. The third kappa shape index (κ3) is 6.93. The minimum atomic E-state index is 0. The fraction of sp³-hybridized carbons (Fsp3) is 0.588. The van der Waals surface area contributed by atoms with Crippen molar-refractivity contribution in [1.29, 1.82) is 0 Å². The first-order valence-electron chi connectivity index (χ1n) is 8.40. The van der Waals surface area contributed by atoms with Crippen molar-refractivity contribution in [1.82, 2.24) is 20.8 Å². The van der Waals surface area contributed by atoms with Crippen molar-refractivity contribution < 1.29 is 4.52 Å². The number of halogens is 1. The van der Waals surface area contributed by atoms with Crippen LogP contribution in [0.5, 0.6) is 0 Å². The van der Waals surface area contributed by atoms with Gasteiger partial charge in [-0.05, 0) is 26.7 Å². The molecule has 2 N–H and O–H groups in total. The summed E-state index contributed by atoms with van der Waals surface area (Å²) in [5.74, 6) is 1.93. The number of aromatic nitrogens is 2. The van der Waals surface area contributed by atoms with Crippen molar-refractivity contribution in [2.24, 2.45) is 4.99 Å². The number of rotatable bonds is 7. The Kier molecular flexibility index (Phi) is 9.41. The molecule has 0 aliphatic rings. The summed E-state index contributed by atoms with van der Waals surface area (Å²) in [5, 5.41) is 11.8. The molecular weight excluding hydrogens is 449 g/mol. The quantitative estimate of drug-likeness (QED) is 0.361. The van der Waals surface area contributed by atoms with Gasteiger partial charge < -0.3 is 15.2 Å². The maximum absolute atomic E-state index is 5.32. The van der Waals surface area contributed by atoms with E-state index in [0.717, 1.165) is 47.6 Å². The molecule has 140 valence electrons. The highest BCUT2D eigenvalue weighted by Crippen LogP contribution is 2.16. The first kappa shape index (κ1) is 21.9. The van der Waals surface area contributed by atoms with E-state index in [1.54, 1.807) is 11.3 Å². The minimum absolute atomic E-state index is 0. The van der Waals surface area contributed by atoms with Gasteiger partial charge in [0.1, 0.15) is 6.54 Å². The largest absolute Gasteiger partial charge is 0.359 e. The molecule has 0 atom stereocenters. The zero-order valence-corrected chi connectivity index (χ0v) is 18.7. The van der Waals surface area contributed by atoms with Gasteiger partial charge in [-0.1, -0.05) is 19.0 Å². The SMILES string of the molecule is CCNC(=NCc1cc(C(C)C)no1)NCCc1nc(C)c(C)s1.I. The molecule has 0 spiro atoms. The molecule has 2 rings (SSSR count). The number of guanidine groups is 1. The molecule has 0 saturated carbocycles. The third-order valence-corrected chi connectivity index (χ3v) is 4.74. The van der Waals surface area contributed by atoms with E-state index in [1.807, 2.05) is 6.07 Å². The van der Waals surface area contributed by atoms with Crippen molar-refractivity contribution in [3.63, 3.8) is 0 Å². The number of hydrogen-bond acceptors (Lipinski definition) is 5. The van der Waals surface area contributed by atoms with Gasteiger partial charge in [0.15, 0.2) is 11.7 Å². The Bertz CT molecular complexity index is 661. The second-order valence-electron chi connectivity index (χ2n) is 5.99. The van der Waals surface area contributed by atoms with Gasteiger partial charge >= 0.3 is 0 Å². The lowest BCUT2D eigenvalue weighted by molar-refractivity contribution is 0.376. The number of nitrogens with one attached hydrogen (secondary N) is 2. The van der Waals surface area contributed by atoms with Crippen LogP contribution in [0.2, 0.25) is 0 Å². The number of hydrogen-bond donors (Lipinski definition) is 2. The first-order chi connectivity index (χ1) is 11.5. The molecule has 0 aliphatic carbocycles. The summed E-state index contributed by atoms with van der Waals surface area (Å²) >= 11 is 1.76. The molecule has 6 nitrogen and oxygen atoms in total. The molecule has 2 heterocycles. The summed E-state index contributed by atoms with van der Waals surface area (Å²) in [7, 11) is 0. The number of nitrogens with zero attached hydrogens (tertiary/aromatic N) is 3. The van der Waals surface area contributed by atoms with Gasteiger partial charge in [0.2, 0.25) is 0 Å². The van der Waals surface area contributed by atoms with E-state index in [-0.39, 0.29) is 24.0 Å². The van der Waals surface area contributed by atoms with E-state index in [2.05, 4.69) is 60.4 Å². The maximum Gasteiger partial charge on any atom is 0.191 e. The summed E-state index contributed by atoms with van der Waals surface area (Å²) in [6.45, 7) is 12.5. The van der Waals surface area contributed by atoms with Gasteiger partial charge in [0, 0.05) is 30.5 Å². The second kappa shape index (κ2) is 10.7. The van der Waals surface area contributed by atoms with E-state index in [9.17, 15) is 0 Å². The van der Waals surface area contributed by atoms with Crippen molar-refractivity contribution in [3.8, 4) is 0 Å². The van der Waals surface area contributed by atoms with E-state index in [0.29, 0.717) is 12.5 Å². The Balaban J connectivity index is 0.00000312. The highest BCUT2D eigenvalue weighted by Gasteiger charge is 2.08. The van der Waals surface area contributed by atoms with Crippen LogP contribution in [0.15, 0.2) is 15.6 Å². The molecule has 0 radical (unpaired) electrons. The molecule has 0 fully saturated rings. The van der Waals surface area contributed by atoms with Crippen molar-refractivity contribution in [2.45, 2.75) is 53.5 Å². The van der Waals surface area contributed by atoms with Gasteiger partial charge in [-0.3, -0.25) is 0 Å². The molecule has 0 aromatic carbocycles. The summed E-state index contributed by atoms with van der Waals surface area (Å²) in [6.07, 6.45) is 0.892. The Labute approximate surface area is 170 Å². The van der Waals surface area contributed by atoms with Crippen LogP contribution in [-0.4, -0.2) is 29.2 Å². The average molecular weight is 477 g/mol. The smallest absolute Gasteiger partial charge is 0.191 e. The maximum atomic E-state index is 5.32. The van der Waals surface area contributed by atoms with Gasteiger partial charge in [-0.15, -0.1) is 35.3 Å². The molecule has 8 heteroatoms. The van der Waals surface area contributed by atoms with Crippen LogP contribution in [-0.2, 0) is 13.0 Å². The summed E-state index contributed by atoms with van der Waals surface area (Å²) in [4.78, 5) is 10.4. The van der Waals surface area contributed by atoms with Crippen LogP contribution in [0.3, 0.4) is 0 Å². The Morgan fingerprint density at radius 2 is 2.08 bits per heavy atom. The van der Waals surface area contributed by atoms with Crippen LogP contribution in [0.1, 0.15) is 53.7 Å². The fourth-order valence-corrected chi connectivity index (χ4v) is 3.04. The summed E-state index contributed by atoms with van der Waals surface area (Å²) in [5.41, 5.74) is 2.09. The van der Waals surface area contributed by atoms with Crippen LogP contribution in [0, 0.1) is 13.8 Å². The van der Waals surface area contributed by atoms with Crippen molar-refractivity contribution in [2.75, 3.05) is 13.1 Å². The molecule has 0 saturated heterocycles. The molecular formula is C17H28IN5OS. The third-order valence-electron chi connectivity index (χ3n) is 3.61. The predicted molar refractivity (Wildman–Crippen MR) is 114 cm³/mol. The first-order valence-corrected chi connectivity index (χ1v) is 9.21. The van der Waals surface area contributed by atoms with Crippen LogP contribution >= 0.6 is 35.3 Å². The van der Waals surface area contributed by atoms with Gasteiger partial charge in [-0.25, -0.2) is 9.98 Å². The molecule has 0 unspecified atom stereocenters. The molecule has 2 aromatic heterocycles. The summed E-state index contributed by atoms with van der Waals surface area (Å²) in [6, 6.07) is 1.97. The molecule has 2 aromatic rings. The molecule has 25 heavy (non-hydrogen) atoms. The normalized spacial score (nSPS) is 11.5. The molecule has 0 amide bonds. The van der Waals surface area contributed by atoms with Crippen LogP contribution < -0.4 is 10.6 Å². The highest BCUT2D eigenvalue weighted by atomic mass is 127. The second-order valence-corrected chi connectivity index (χ2v) is 7.28. The van der Waals surface area contributed by atoms with Crippen LogP contribution in [0.25, 0.3) is 0 Å². The fourth-order valence-electron chi connectivity index (χ4n) is 2.11. The Morgan fingerprint density at radius 3 is 2.64 bits per heavy atom. The van der Waals surface area contributed by atoms with E-state index < -0.39 is 0 Å². The molecule has 0 aliphatic heterocycles. The van der Waals surface area contributed by atoms with E-state index in [4.69, 9.17) is 4.52 Å². The number of thiazole rings is 1. The average Bonchev–Trinajstić information content (AvgIpc) is 3.12. The lowest BCUT2D eigenvalue weighted by Gasteiger charge is -2.09. The van der Waals surface area contributed by atoms with Gasteiger partial charge in [-0.2, -0.15) is 0 Å². The standard InChI is InChI=1S/C17H27N5OS.HI/c1-6-18-17(19-8-7-16-21-12(4)13(5)24-16)20-10-14-9-15(11(2)3)22-23-14;/h9,11H,6-8,10H2,1-5H3,(H2,18,19,20);1H. The van der Waals surface area contributed by atoms with Crippen molar-refractivity contribution >= 4 is 41.3 Å². The van der Waals surface area contributed by atoms with E-state index >= 15 is 0 Å². The van der Waals surface area contributed by atoms with Crippen LogP contribution in [0.4, 0.5) is 0 Å². The summed E-state index contributed by atoms with van der Waals surface area (Å²) < 4.78 is 5.32. The zero-order chi connectivity index (χ0) is 17.5. The van der Waals surface area contributed by atoms with Gasteiger partial charge in [0.25, 0.3) is 0 Å².